The second kappa shape index (κ2) is 5.36. The second-order valence-electron chi connectivity index (χ2n) is 7.60. The Morgan fingerprint density at radius 3 is 2.70 bits per heavy atom. The number of benzene rings is 1. The third-order valence-corrected chi connectivity index (χ3v) is 6.06. The van der Waals surface area contributed by atoms with Crippen LogP contribution in [0.3, 0.4) is 0 Å². The van der Waals surface area contributed by atoms with Crippen LogP contribution >= 0.6 is 0 Å². The molecule has 0 aromatic heterocycles. The number of fused-ring (bicyclic) bond motifs is 1. The topological polar surface area (TPSA) is 57.6 Å². The Bertz CT molecular complexity index is 663. The van der Waals surface area contributed by atoms with Crippen LogP contribution in [-0.4, -0.2) is 34.5 Å². The number of amides is 1. The lowest BCUT2D eigenvalue weighted by Gasteiger charge is -2.35. The highest BCUT2D eigenvalue weighted by atomic mass is 16.4. The van der Waals surface area contributed by atoms with Gasteiger partial charge in [-0.05, 0) is 55.4 Å². The van der Waals surface area contributed by atoms with E-state index in [1.807, 2.05) is 12.1 Å². The van der Waals surface area contributed by atoms with Gasteiger partial charge in [-0.15, -0.1) is 0 Å². The van der Waals surface area contributed by atoms with Gasteiger partial charge in [0.25, 0.3) is 0 Å². The zero-order valence-electron chi connectivity index (χ0n) is 13.4. The minimum Gasteiger partial charge on any atom is -0.478 e. The molecule has 1 aromatic carbocycles. The van der Waals surface area contributed by atoms with Crippen molar-refractivity contribution < 1.29 is 14.7 Å². The quantitative estimate of drug-likeness (QED) is 0.913. The summed E-state index contributed by atoms with van der Waals surface area (Å²) in [7, 11) is 0. The molecule has 1 atom stereocenters. The van der Waals surface area contributed by atoms with E-state index < -0.39 is 5.97 Å². The summed E-state index contributed by atoms with van der Waals surface area (Å²) in [5.41, 5.74) is 2.78. The summed E-state index contributed by atoms with van der Waals surface area (Å²) in [4.78, 5) is 25.9. The number of hydrogen-bond donors (Lipinski definition) is 1. The number of carboxylic acids is 1. The van der Waals surface area contributed by atoms with Crippen molar-refractivity contribution in [2.24, 2.45) is 5.41 Å². The average Bonchev–Trinajstić information content (AvgIpc) is 3.15. The summed E-state index contributed by atoms with van der Waals surface area (Å²) in [5, 5.41) is 9.21. The van der Waals surface area contributed by atoms with Crippen molar-refractivity contribution in [3.05, 3.63) is 34.9 Å². The lowest BCUT2D eigenvalue weighted by molar-refractivity contribution is -0.129. The maximum Gasteiger partial charge on any atom is 0.335 e. The van der Waals surface area contributed by atoms with Crippen molar-refractivity contribution in [1.29, 1.82) is 0 Å². The molecule has 1 saturated heterocycles. The van der Waals surface area contributed by atoms with Gasteiger partial charge in [0.05, 0.1) is 5.56 Å². The van der Waals surface area contributed by atoms with Gasteiger partial charge in [0.2, 0.25) is 5.91 Å². The first-order valence-electron chi connectivity index (χ1n) is 8.71. The maximum absolute atomic E-state index is 12.6. The van der Waals surface area contributed by atoms with Crippen molar-refractivity contribution in [2.75, 3.05) is 6.54 Å². The van der Waals surface area contributed by atoms with Crippen LogP contribution in [0.5, 0.6) is 0 Å². The SMILES string of the molecule is O=C(O)c1ccc2c(c1)C[C@@]1(CC2)CC(=O)N(C2CCCC2)C1. The Morgan fingerprint density at radius 1 is 1.17 bits per heavy atom. The average molecular weight is 313 g/mol. The minimum atomic E-state index is -0.873. The van der Waals surface area contributed by atoms with Crippen LogP contribution in [-0.2, 0) is 17.6 Å². The van der Waals surface area contributed by atoms with E-state index in [4.69, 9.17) is 0 Å². The Balaban J connectivity index is 1.58. The molecule has 4 heteroatoms. The summed E-state index contributed by atoms with van der Waals surface area (Å²) in [5.74, 6) is -0.558. The molecule has 3 aliphatic rings. The molecule has 1 heterocycles. The normalized spacial score (nSPS) is 27.7. The third-order valence-electron chi connectivity index (χ3n) is 6.06. The van der Waals surface area contributed by atoms with Gasteiger partial charge in [0.1, 0.15) is 0 Å². The van der Waals surface area contributed by atoms with Crippen molar-refractivity contribution >= 4 is 11.9 Å². The highest BCUT2D eigenvalue weighted by molar-refractivity contribution is 5.88. The van der Waals surface area contributed by atoms with E-state index in [1.165, 1.54) is 18.4 Å². The van der Waals surface area contributed by atoms with Gasteiger partial charge in [-0.3, -0.25) is 4.79 Å². The number of carbonyl (C=O) groups is 2. The lowest BCUT2D eigenvalue weighted by atomic mass is 9.70. The monoisotopic (exact) mass is 313 g/mol. The number of carbonyl (C=O) groups excluding carboxylic acids is 1. The van der Waals surface area contributed by atoms with Crippen LogP contribution in [0.2, 0.25) is 0 Å². The van der Waals surface area contributed by atoms with E-state index in [0.717, 1.165) is 44.2 Å². The van der Waals surface area contributed by atoms with Gasteiger partial charge in [-0.2, -0.15) is 0 Å². The summed E-state index contributed by atoms with van der Waals surface area (Å²) in [6.07, 6.45) is 8.28. The maximum atomic E-state index is 12.6. The molecular formula is C19H23NO3. The summed E-state index contributed by atoms with van der Waals surface area (Å²) >= 11 is 0. The van der Waals surface area contributed by atoms with E-state index in [-0.39, 0.29) is 5.41 Å². The van der Waals surface area contributed by atoms with Gasteiger partial charge < -0.3 is 10.0 Å². The van der Waals surface area contributed by atoms with Crippen LogP contribution in [0, 0.1) is 5.41 Å². The molecule has 0 unspecified atom stereocenters. The Hall–Kier alpha value is -1.84. The van der Waals surface area contributed by atoms with E-state index in [2.05, 4.69) is 4.90 Å². The predicted molar refractivity (Wildman–Crippen MR) is 86.4 cm³/mol. The molecule has 1 aromatic rings. The van der Waals surface area contributed by atoms with E-state index in [9.17, 15) is 14.7 Å². The molecule has 0 bridgehead atoms. The fourth-order valence-corrected chi connectivity index (χ4v) is 4.82. The molecule has 1 spiro atoms. The van der Waals surface area contributed by atoms with Crippen molar-refractivity contribution in [3.8, 4) is 0 Å². The fourth-order valence-electron chi connectivity index (χ4n) is 4.82. The van der Waals surface area contributed by atoms with Crippen molar-refractivity contribution in [2.45, 2.75) is 57.4 Å². The van der Waals surface area contributed by atoms with Crippen LogP contribution in [0.15, 0.2) is 18.2 Å². The van der Waals surface area contributed by atoms with Crippen LogP contribution in [0.1, 0.15) is 60.0 Å². The first-order valence-corrected chi connectivity index (χ1v) is 8.71. The molecule has 4 rings (SSSR count). The van der Waals surface area contributed by atoms with E-state index in [1.54, 1.807) is 6.07 Å². The number of aryl methyl sites for hydroxylation is 1. The standard InChI is InChI=1S/C19H23NO3/c21-17-11-19(12-20(17)16-3-1-2-4-16)8-7-13-5-6-14(18(22)23)9-15(13)10-19/h5-6,9,16H,1-4,7-8,10-12H2,(H,22,23)/t19-/m0/s1. The molecule has 1 amide bonds. The third kappa shape index (κ3) is 2.54. The first-order chi connectivity index (χ1) is 11.1. The molecule has 2 fully saturated rings. The highest BCUT2D eigenvalue weighted by Crippen LogP contribution is 2.45. The lowest BCUT2D eigenvalue weighted by Crippen LogP contribution is -2.37. The van der Waals surface area contributed by atoms with Gasteiger partial charge >= 0.3 is 5.97 Å². The molecule has 122 valence electrons. The Kier molecular flexibility index (Phi) is 3.43. The number of rotatable bonds is 2. The molecule has 1 saturated carbocycles. The number of aromatic carboxylic acids is 1. The predicted octanol–water partition coefficient (Wildman–Crippen LogP) is 3.03. The zero-order valence-corrected chi connectivity index (χ0v) is 13.4. The van der Waals surface area contributed by atoms with Crippen LogP contribution in [0.4, 0.5) is 0 Å². The van der Waals surface area contributed by atoms with E-state index >= 15 is 0 Å². The van der Waals surface area contributed by atoms with Crippen LogP contribution < -0.4 is 0 Å². The Morgan fingerprint density at radius 2 is 1.96 bits per heavy atom. The highest BCUT2D eigenvalue weighted by Gasteiger charge is 2.47. The van der Waals surface area contributed by atoms with Gasteiger partial charge in [0.15, 0.2) is 0 Å². The molecule has 1 aliphatic heterocycles. The van der Waals surface area contributed by atoms with Crippen LogP contribution in [0.25, 0.3) is 0 Å². The Labute approximate surface area is 136 Å². The summed E-state index contributed by atoms with van der Waals surface area (Å²) in [6, 6.07) is 5.93. The molecule has 1 N–H and O–H groups in total. The molecule has 2 aliphatic carbocycles. The van der Waals surface area contributed by atoms with Crippen molar-refractivity contribution in [1.82, 2.24) is 4.90 Å². The number of hydrogen-bond acceptors (Lipinski definition) is 2. The molecule has 23 heavy (non-hydrogen) atoms. The smallest absolute Gasteiger partial charge is 0.335 e. The molecule has 4 nitrogen and oxygen atoms in total. The number of nitrogens with zero attached hydrogens (tertiary/aromatic N) is 1. The van der Waals surface area contributed by atoms with Gasteiger partial charge in [0, 0.05) is 24.4 Å². The minimum absolute atomic E-state index is 0.0315. The van der Waals surface area contributed by atoms with Gasteiger partial charge in [-0.1, -0.05) is 18.9 Å². The second-order valence-corrected chi connectivity index (χ2v) is 7.60. The molecule has 0 radical (unpaired) electrons. The summed E-state index contributed by atoms with van der Waals surface area (Å²) in [6.45, 7) is 0.868. The first kappa shape index (κ1) is 14.7. The number of carboxylic acid groups (broad SMARTS) is 1. The fraction of sp³-hybridized carbons (Fsp3) is 0.579. The van der Waals surface area contributed by atoms with E-state index in [0.29, 0.717) is 23.9 Å². The number of likely N-dealkylation sites (tertiary alicyclic amines) is 1. The largest absolute Gasteiger partial charge is 0.478 e. The zero-order chi connectivity index (χ0) is 16.0. The molecular weight excluding hydrogens is 290 g/mol. The summed E-state index contributed by atoms with van der Waals surface area (Å²) < 4.78 is 0. The van der Waals surface area contributed by atoms with Gasteiger partial charge in [-0.25, -0.2) is 4.79 Å². The van der Waals surface area contributed by atoms with Crippen molar-refractivity contribution in [3.63, 3.8) is 0 Å².